The van der Waals surface area contributed by atoms with Crippen LogP contribution in [0.25, 0.3) is 0 Å². The van der Waals surface area contributed by atoms with Gasteiger partial charge in [-0.25, -0.2) is 4.57 Å². The number of phosphoric ester groups is 1. The molecule has 0 aliphatic heterocycles. The van der Waals surface area contributed by atoms with E-state index < -0.39 is 45.1 Å². The summed E-state index contributed by atoms with van der Waals surface area (Å²) in [5.41, 5.74) is 5.37. The summed E-state index contributed by atoms with van der Waals surface area (Å²) in [5.74, 6) is -1.77. The predicted molar refractivity (Wildman–Crippen MR) is 245 cm³/mol. The first-order valence-electron chi connectivity index (χ1n) is 24.4. The molecule has 0 heterocycles. The summed E-state index contributed by atoms with van der Waals surface area (Å²) in [4.78, 5) is 33.6. The third-order valence-electron chi connectivity index (χ3n) is 10.7. The number of ether oxygens (including phenoxy) is 2. The summed E-state index contributed by atoms with van der Waals surface area (Å²) >= 11 is 0. The number of carbonyl (C=O) groups excluding carboxylic acids is 1. The Morgan fingerprint density at radius 1 is 0.542 bits per heavy atom. The van der Waals surface area contributed by atoms with Crippen molar-refractivity contribution < 1.29 is 42.7 Å². The highest BCUT2D eigenvalue weighted by molar-refractivity contribution is 7.47. The van der Waals surface area contributed by atoms with Gasteiger partial charge in [0.1, 0.15) is 12.1 Å². The lowest BCUT2D eigenvalue weighted by molar-refractivity contribution is -0.154. The summed E-state index contributed by atoms with van der Waals surface area (Å²) in [6, 6.07) is -1.47. The highest BCUT2D eigenvalue weighted by atomic mass is 31.2. The van der Waals surface area contributed by atoms with E-state index in [9.17, 15) is 19.0 Å². The highest BCUT2D eigenvalue weighted by Gasteiger charge is 2.27. The minimum absolute atomic E-state index is 0.0171. The van der Waals surface area contributed by atoms with Crippen LogP contribution in [0.15, 0.2) is 24.3 Å². The molecule has 0 aliphatic carbocycles. The molecule has 0 bridgehead atoms. The molecule has 0 spiro atoms. The number of unbranched alkanes of at least 4 members (excludes halogenated alkanes) is 29. The van der Waals surface area contributed by atoms with Crippen LogP contribution in [0.1, 0.15) is 232 Å². The third kappa shape index (κ3) is 44.3. The fraction of sp³-hybridized carbons (Fsp3) is 0.875. The van der Waals surface area contributed by atoms with Crippen molar-refractivity contribution in [2.45, 2.75) is 244 Å². The number of rotatable bonds is 47. The Labute approximate surface area is 362 Å². The minimum Gasteiger partial charge on any atom is -0.480 e. The number of allylic oxidation sites excluding steroid dienone is 4. The number of carboxylic acid groups (broad SMARTS) is 1. The van der Waals surface area contributed by atoms with Gasteiger partial charge in [-0.15, -0.1) is 0 Å². The summed E-state index contributed by atoms with van der Waals surface area (Å²) < 4.78 is 33.5. The molecule has 3 atom stereocenters. The van der Waals surface area contributed by atoms with Gasteiger partial charge in [0.2, 0.25) is 0 Å². The number of esters is 1. The number of hydrogen-bond donors (Lipinski definition) is 3. The number of hydrogen-bond acceptors (Lipinski definition) is 8. The number of aliphatic carboxylic acids is 1. The monoisotopic (exact) mass is 858 g/mol. The lowest BCUT2D eigenvalue weighted by atomic mass is 10.0. The van der Waals surface area contributed by atoms with Crippen LogP contribution in [0, 0.1) is 0 Å². The van der Waals surface area contributed by atoms with E-state index in [-0.39, 0.29) is 13.0 Å². The van der Waals surface area contributed by atoms with E-state index >= 15 is 0 Å². The Morgan fingerprint density at radius 2 is 0.932 bits per heavy atom. The zero-order valence-corrected chi connectivity index (χ0v) is 39.0. The average Bonchev–Trinajstić information content (AvgIpc) is 3.21. The van der Waals surface area contributed by atoms with Crippen molar-refractivity contribution in [3.63, 3.8) is 0 Å². The number of phosphoric acid groups is 1. The molecule has 0 saturated heterocycles. The van der Waals surface area contributed by atoms with E-state index in [2.05, 4.69) is 38.2 Å². The summed E-state index contributed by atoms with van der Waals surface area (Å²) in [5, 5.41) is 8.92. The molecule has 0 aromatic carbocycles. The van der Waals surface area contributed by atoms with Gasteiger partial charge in [0, 0.05) is 13.0 Å². The fourth-order valence-corrected chi connectivity index (χ4v) is 7.71. The topological polar surface area (TPSA) is 155 Å². The van der Waals surface area contributed by atoms with E-state index in [4.69, 9.17) is 29.4 Å². The second-order valence-corrected chi connectivity index (χ2v) is 18.1. The molecule has 4 N–H and O–H groups in total. The molecule has 3 unspecified atom stereocenters. The maximum absolute atomic E-state index is 12.7. The van der Waals surface area contributed by atoms with Gasteiger partial charge in [-0.2, -0.15) is 0 Å². The zero-order chi connectivity index (χ0) is 43.3. The first kappa shape index (κ1) is 57.4. The minimum atomic E-state index is -4.62. The molecule has 0 radical (unpaired) electrons. The highest BCUT2D eigenvalue weighted by Crippen LogP contribution is 2.43. The second kappa shape index (κ2) is 44.5. The fourth-order valence-electron chi connectivity index (χ4n) is 6.93. The maximum atomic E-state index is 12.7. The van der Waals surface area contributed by atoms with Crippen LogP contribution in [-0.2, 0) is 32.7 Å². The molecule has 59 heavy (non-hydrogen) atoms. The van der Waals surface area contributed by atoms with Crippen molar-refractivity contribution >= 4 is 19.8 Å². The molecular weight excluding hydrogens is 765 g/mol. The molecule has 0 rings (SSSR count). The predicted octanol–water partition coefficient (Wildman–Crippen LogP) is 13.9. The lowest BCUT2D eigenvalue weighted by Gasteiger charge is -2.20. The normalized spacial score (nSPS) is 14.0. The van der Waals surface area contributed by atoms with Crippen molar-refractivity contribution in [2.24, 2.45) is 5.73 Å². The summed E-state index contributed by atoms with van der Waals surface area (Å²) in [6.07, 6.45) is 49.4. The number of nitrogens with two attached hydrogens (primary N) is 1. The Hall–Kier alpha value is -1.55. The smallest absolute Gasteiger partial charge is 0.472 e. The molecule has 0 fully saturated rings. The van der Waals surface area contributed by atoms with E-state index in [1.54, 1.807) is 0 Å². The van der Waals surface area contributed by atoms with Crippen LogP contribution in [0.4, 0.5) is 0 Å². The first-order chi connectivity index (χ1) is 28.7. The Morgan fingerprint density at radius 3 is 1.41 bits per heavy atom. The van der Waals surface area contributed by atoms with Crippen LogP contribution < -0.4 is 5.73 Å². The number of carboxylic acids is 1. The zero-order valence-electron chi connectivity index (χ0n) is 38.1. The van der Waals surface area contributed by atoms with Crippen LogP contribution in [-0.4, -0.2) is 60.5 Å². The standard InChI is InChI=1S/C48H92NO9P/c1-3-5-7-9-11-13-15-17-19-21-23-24-26-28-30-32-34-36-38-40-47(50)58-45(43-56-59(53,54)57-44-46(49)48(51)52)42-55-41-39-37-35-33-31-29-27-25-22-20-18-16-14-12-10-8-6-4-2/h12,14,18,20,45-46H,3-11,13,15-17,19,21-44,49H2,1-2H3,(H,51,52)(H,53,54)/b14-12-,20-18-. The maximum Gasteiger partial charge on any atom is 0.472 e. The largest absolute Gasteiger partial charge is 0.480 e. The summed E-state index contributed by atoms with van der Waals surface area (Å²) in [7, 11) is -4.62. The third-order valence-corrected chi connectivity index (χ3v) is 11.7. The second-order valence-electron chi connectivity index (χ2n) is 16.6. The summed E-state index contributed by atoms with van der Waals surface area (Å²) in [6.45, 7) is 3.89. The van der Waals surface area contributed by atoms with Crippen molar-refractivity contribution in [1.82, 2.24) is 0 Å². The van der Waals surface area contributed by atoms with E-state index in [0.29, 0.717) is 6.61 Å². The Balaban J connectivity index is 4.15. The van der Waals surface area contributed by atoms with E-state index in [1.807, 2.05) is 0 Å². The molecule has 10 nitrogen and oxygen atoms in total. The van der Waals surface area contributed by atoms with Gasteiger partial charge >= 0.3 is 19.8 Å². The Kier molecular flexibility index (Phi) is 43.3. The van der Waals surface area contributed by atoms with Gasteiger partial charge in [-0.05, 0) is 44.9 Å². The van der Waals surface area contributed by atoms with Crippen LogP contribution >= 0.6 is 7.82 Å². The van der Waals surface area contributed by atoms with E-state index in [0.717, 1.165) is 51.4 Å². The molecule has 0 amide bonds. The van der Waals surface area contributed by atoms with Gasteiger partial charge in [0.15, 0.2) is 0 Å². The first-order valence-corrected chi connectivity index (χ1v) is 25.9. The van der Waals surface area contributed by atoms with Gasteiger partial charge < -0.3 is 25.2 Å². The van der Waals surface area contributed by atoms with E-state index in [1.165, 1.54) is 161 Å². The van der Waals surface area contributed by atoms with Crippen LogP contribution in [0.5, 0.6) is 0 Å². The molecule has 0 aliphatic rings. The van der Waals surface area contributed by atoms with Crippen molar-refractivity contribution in [1.29, 1.82) is 0 Å². The molecule has 0 saturated carbocycles. The molecule has 0 aromatic rings. The van der Waals surface area contributed by atoms with Gasteiger partial charge in [-0.3, -0.25) is 18.6 Å². The quantitative estimate of drug-likeness (QED) is 0.0233. The Bertz CT molecular complexity index is 1040. The van der Waals surface area contributed by atoms with Gasteiger partial charge in [0.25, 0.3) is 0 Å². The lowest BCUT2D eigenvalue weighted by Crippen LogP contribution is -2.34. The average molecular weight is 858 g/mol. The van der Waals surface area contributed by atoms with Crippen LogP contribution in [0.3, 0.4) is 0 Å². The van der Waals surface area contributed by atoms with Crippen molar-refractivity contribution in [2.75, 3.05) is 26.4 Å². The molecule has 0 aromatic heterocycles. The number of carbonyl (C=O) groups is 2. The van der Waals surface area contributed by atoms with Crippen LogP contribution in [0.2, 0.25) is 0 Å². The van der Waals surface area contributed by atoms with Gasteiger partial charge in [0.05, 0.1) is 19.8 Å². The molecular formula is C48H92NO9P. The van der Waals surface area contributed by atoms with Gasteiger partial charge in [-0.1, -0.05) is 205 Å². The SMILES string of the molecule is CCCCC/C=C\C/C=C\CCCCCCCCCCOCC(COP(=O)(O)OCC(N)C(=O)O)OC(=O)CCCCCCCCCCCCCCCCCCCCC. The molecule has 348 valence electrons. The van der Waals surface area contributed by atoms with Crippen molar-refractivity contribution in [3.05, 3.63) is 24.3 Å². The molecule has 11 heteroatoms. The van der Waals surface area contributed by atoms with Crippen molar-refractivity contribution in [3.8, 4) is 0 Å².